The highest BCUT2D eigenvalue weighted by molar-refractivity contribution is 5.90. The Hall–Kier alpha value is -2.17. The van der Waals surface area contributed by atoms with E-state index in [9.17, 15) is 9.18 Å². The number of hydrogen-bond acceptors (Lipinski definition) is 2. The van der Waals surface area contributed by atoms with Gasteiger partial charge in [0, 0.05) is 31.0 Å². The van der Waals surface area contributed by atoms with Gasteiger partial charge in [-0.3, -0.25) is 4.79 Å². The average molecular weight is 261 g/mol. The molecule has 1 aromatic heterocycles. The normalized spacial score (nSPS) is 10.4. The Balaban J connectivity index is 2.17. The van der Waals surface area contributed by atoms with Gasteiger partial charge in [0.25, 0.3) is 5.91 Å². The second kappa shape index (κ2) is 6.13. The van der Waals surface area contributed by atoms with E-state index in [0.29, 0.717) is 12.1 Å². The number of nitrogens with one attached hydrogen (secondary N) is 1. The molecule has 5 heteroatoms. The maximum atomic E-state index is 13.6. The van der Waals surface area contributed by atoms with E-state index in [1.54, 1.807) is 29.3 Å². The lowest BCUT2D eigenvalue weighted by Gasteiger charge is -2.21. The number of carbonyl (C=O) groups excluding carboxylic acids is 1. The summed E-state index contributed by atoms with van der Waals surface area (Å²) < 4.78 is 13.6. The van der Waals surface area contributed by atoms with Crippen LogP contribution in [0.4, 0.5) is 4.39 Å². The number of benzene rings is 1. The van der Waals surface area contributed by atoms with Gasteiger partial charge in [0.05, 0.1) is 0 Å². The van der Waals surface area contributed by atoms with E-state index in [1.807, 2.05) is 6.92 Å². The Morgan fingerprint density at radius 3 is 2.84 bits per heavy atom. The van der Waals surface area contributed by atoms with E-state index in [4.69, 9.17) is 0 Å². The fourth-order valence-corrected chi connectivity index (χ4v) is 1.89. The molecule has 0 atom stereocenters. The molecule has 19 heavy (non-hydrogen) atoms. The quantitative estimate of drug-likeness (QED) is 0.899. The highest BCUT2D eigenvalue weighted by atomic mass is 19.1. The summed E-state index contributed by atoms with van der Waals surface area (Å²) in [6.07, 6.45) is 3.93. The summed E-state index contributed by atoms with van der Waals surface area (Å²) >= 11 is 0. The van der Waals surface area contributed by atoms with Gasteiger partial charge in [-0.1, -0.05) is 25.1 Å². The first-order valence-electron chi connectivity index (χ1n) is 6.24. The van der Waals surface area contributed by atoms with Crippen LogP contribution in [-0.2, 0) is 6.54 Å². The van der Waals surface area contributed by atoms with Gasteiger partial charge in [-0.15, -0.1) is 0 Å². The molecule has 0 spiro atoms. The Kier molecular flexibility index (Phi) is 4.28. The number of carbonyl (C=O) groups is 1. The molecule has 0 fully saturated rings. The maximum absolute atomic E-state index is 13.6. The molecule has 0 saturated carbocycles. The van der Waals surface area contributed by atoms with Crippen molar-refractivity contribution < 1.29 is 9.18 Å². The Labute approximate surface area is 111 Å². The third-order valence-corrected chi connectivity index (χ3v) is 2.80. The number of halogens is 1. The van der Waals surface area contributed by atoms with Crippen LogP contribution in [0.1, 0.15) is 29.5 Å². The van der Waals surface area contributed by atoms with Gasteiger partial charge >= 0.3 is 0 Å². The minimum Gasteiger partial charge on any atom is -0.341 e. The van der Waals surface area contributed by atoms with Crippen LogP contribution in [0.2, 0.25) is 0 Å². The van der Waals surface area contributed by atoms with Crippen LogP contribution >= 0.6 is 0 Å². The molecule has 1 heterocycles. The van der Waals surface area contributed by atoms with Crippen molar-refractivity contribution in [2.75, 3.05) is 6.54 Å². The van der Waals surface area contributed by atoms with E-state index in [1.165, 1.54) is 12.3 Å². The fraction of sp³-hybridized carbons (Fsp3) is 0.286. The maximum Gasteiger partial charge on any atom is 0.289 e. The predicted molar refractivity (Wildman–Crippen MR) is 70.0 cm³/mol. The number of amides is 1. The first-order chi connectivity index (χ1) is 9.22. The van der Waals surface area contributed by atoms with Gasteiger partial charge in [0.1, 0.15) is 5.82 Å². The summed E-state index contributed by atoms with van der Waals surface area (Å²) in [5.41, 5.74) is 0.510. The van der Waals surface area contributed by atoms with Crippen molar-refractivity contribution in [2.45, 2.75) is 19.9 Å². The smallest absolute Gasteiger partial charge is 0.289 e. The molecule has 2 aromatic rings. The van der Waals surface area contributed by atoms with E-state index < -0.39 is 0 Å². The molecule has 100 valence electrons. The lowest BCUT2D eigenvalue weighted by Crippen LogP contribution is -2.32. The van der Waals surface area contributed by atoms with Crippen LogP contribution in [0.25, 0.3) is 0 Å². The summed E-state index contributed by atoms with van der Waals surface area (Å²) in [6, 6.07) is 6.49. The fourth-order valence-electron chi connectivity index (χ4n) is 1.89. The Bertz CT molecular complexity index is 539. The molecule has 4 nitrogen and oxygen atoms in total. The van der Waals surface area contributed by atoms with Gasteiger partial charge in [-0.25, -0.2) is 9.37 Å². The molecule has 0 unspecified atom stereocenters. The number of rotatable bonds is 5. The van der Waals surface area contributed by atoms with Gasteiger partial charge in [0.2, 0.25) is 0 Å². The van der Waals surface area contributed by atoms with Crippen LogP contribution in [0.3, 0.4) is 0 Å². The molecule has 0 aliphatic carbocycles. The number of H-pyrrole nitrogens is 1. The van der Waals surface area contributed by atoms with E-state index in [-0.39, 0.29) is 24.1 Å². The van der Waals surface area contributed by atoms with E-state index in [0.717, 1.165) is 6.42 Å². The third-order valence-electron chi connectivity index (χ3n) is 2.80. The van der Waals surface area contributed by atoms with E-state index >= 15 is 0 Å². The molecule has 0 aliphatic rings. The van der Waals surface area contributed by atoms with Crippen LogP contribution in [0, 0.1) is 5.82 Å². The first-order valence-corrected chi connectivity index (χ1v) is 6.24. The van der Waals surface area contributed by atoms with Crippen molar-refractivity contribution >= 4 is 5.91 Å². The van der Waals surface area contributed by atoms with Crippen molar-refractivity contribution in [3.05, 3.63) is 53.9 Å². The molecule has 0 saturated heterocycles. The number of hydrogen-bond donors (Lipinski definition) is 1. The van der Waals surface area contributed by atoms with Crippen molar-refractivity contribution in [3.8, 4) is 0 Å². The van der Waals surface area contributed by atoms with Crippen molar-refractivity contribution in [1.82, 2.24) is 14.9 Å². The SMILES string of the molecule is CCCN(Cc1ccccc1F)C(=O)c1ncc[nH]1. The zero-order chi connectivity index (χ0) is 13.7. The Morgan fingerprint density at radius 1 is 1.42 bits per heavy atom. The lowest BCUT2D eigenvalue weighted by atomic mass is 10.2. The zero-order valence-corrected chi connectivity index (χ0v) is 10.8. The standard InChI is InChI=1S/C14H16FN3O/c1-2-9-18(14(19)13-16-7-8-17-13)10-11-5-3-4-6-12(11)15/h3-8H,2,9-10H2,1H3,(H,16,17). The van der Waals surface area contributed by atoms with Crippen molar-refractivity contribution in [1.29, 1.82) is 0 Å². The van der Waals surface area contributed by atoms with Crippen LogP contribution in [0.5, 0.6) is 0 Å². The summed E-state index contributed by atoms with van der Waals surface area (Å²) in [4.78, 5) is 20.5. The average Bonchev–Trinajstić information content (AvgIpc) is 2.94. The monoisotopic (exact) mass is 261 g/mol. The molecule has 1 aromatic carbocycles. The van der Waals surface area contributed by atoms with Gasteiger partial charge in [0.15, 0.2) is 5.82 Å². The molecule has 2 rings (SSSR count). The second-order valence-corrected chi connectivity index (χ2v) is 4.26. The minimum atomic E-state index is -0.296. The molecular formula is C14H16FN3O. The molecule has 0 radical (unpaired) electrons. The van der Waals surface area contributed by atoms with Gasteiger partial charge in [-0.05, 0) is 12.5 Å². The largest absolute Gasteiger partial charge is 0.341 e. The number of aromatic amines is 1. The molecule has 0 bridgehead atoms. The minimum absolute atomic E-state index is 0.213. The lowest BCUT2D eigenvalue weighted by molar-refractivity contribution is 0.0730. The van der Waals surface area contributed by atoms with Gasteiger partial charge in [-0.2, -0.15) is 0 Å². The number of nitrogens with zero attached hydrogens (tertiary/aromatic N) is 2. The highest BCUT2D eigenvalue weighted by Gasteiger charge is 2.18. The molecule has 1 amide bonds. The first kappa shape index (κ1) is 13.3. The summed E-state index contributed by atoms with van der Waals surface area (Å²) in [6.45, 7) is 2.79. The molecule has 0 aliphatic heterocycles. The number of imidazole rings is 1. The predicted octanol–water partition coefficient (Wildman–Crippen LogP) is 2.60. The summed E-state index contributed by atoms with van der Waals surface area (Å²) in [7, 11) is 0. The topological polar surface area (TPSA) is 49.0 Å². The molecule has 1 N–H and O–H groups in total. The van der Waals surface area contributed by atoms with Crippen LogP contribution in [-0.4, -0.2) is 27.3 Å². The Morgan fingerprint density at radius 2 is 2.21 bits per heavy atom. The summed E-state index contributed by atoms with van der Waals surface area (Å²) in [5, 5.41) is 0. The van der Waals surface area contributed by atoms with Crippen LogP contribution < -0.4 is 0 Å². The zero-order valence-electron chi connectivity index (χ0n) is 10.8. The second-order valence-electron chi connectivity index (χ2n) is 4.26. The third kappa shape index (κ3) is 3.19. The van der Waals surface area contributed by atoms with Gasteiger partial charge < -0.3 is 9.88 Å². The van der Waals surface area contributed by atoms with Crippen LogP contribution in [0.15, 0.2) is 36.7 Å². The number of aromatic nitrogens is 2. The summed E-state index contributed by atoms with van der Waals surface area (Å²) in [5.74, 6) is -0.226. The van der Waals surface area contributed by atoms with Crippen molar-refractivity contribution in [2.24, 2.45) is 0 Å². The highest BCUT2D eigenvalue weighted by Crippen LogP contribution is 2.12. The van der Waals surface area contributed by atoms with E-state index in [2.05, 4.69) is 9.97 Å². The van der Waals surface area contributed by atoms with Crippen molar-refractivity contribution in [3.63, 3.8) is 0 Å². The molecular weight excluding hydrogens is 245 g/mol.